The summed E-state index contributed by atoms with van der Waals surface area (Å²) in [6.45, 7) is 3.66. The lowest BCUT2D eigenvalue weighted by Crippen LogP contribution is -2.25. The molecule has 3 heterocycles. The van der Waals surface area contributed by atoms with Gasteiger partial charge < -0.3 is 9.40 Å². The summed E-state index contributed by atoms with van der Waals surface area (Å²) < 4.78 is 7.35. The van der Waals surface area contributed by atoms with Gasteiger partial charge >= 0.3 is 0 Å². The Balaban J connectivity index is 2.25. The minimum Gasteiger partial charge on any atom is -0.444 e. The van der Waals surface area contributed by atoms with E-state index in [1.165, 1.54) is 15.9 Å². The normalized spacial score (nSPS) is 12.9. The third-order valence-electron chi connectivity index (χ3n) is 2.94. The Kier molecular flexibility index (Phi) is 2.87. The van der Waals surface area contributed by atoms with Crippen LogP contribution in [0.2, 0.25) is 0 Å². The molecule has 3 rings (SSSR count). The molecule has 0 saturated carbocycles. The van der Waals surface area contributed by atoms with Gasteiger partial charge in [-0.25, -0.2) is 4.98 Å². The van der Waals surface area contributed by atoms with Gasteiger partial charge in [0.1, 0.15) is 16.6 Å². The van der Waals surface area contributed by atoms with Crippen molar-refractivity contribution in [2.45, 2.75) is 19.9 Å². The van der Waals surface area contributed by atoms with Crippen molar-refractivity contribution in [2.75, 3.05) is 0 Å². The fourth-order valence-corrected chi connectivity index (χ4v) is 3.17. The van der Waals surface area contributed by atoms with Crippen molar-refractivity contribution in [2.24, 2.45) is 0 Å². The summed E-state index contributed by atoms with van der Waals surface area (Å²) in [4.78, 5) is 20.5. The van der Waals surface area contributed by atoms with Gasteiger partial charge in [0.05, 0.1) is 11.6 Å². The van der Waals surface area contributed by atoms with Crippen molar-refractivity contribution >= 4 is 33.8 Å². The van der Waals surface area contributed by atoms with E-state index in [-0.39, 0.29) is 11.6 Å². The van der Waals surface area contributed by atoms with E-state index in [2.05, 4.69) is 9.97 Å². The molecule has 3 aromatic heterocycles. The molecule has 1 atom stereocenters. The number of oxazole rings is 1. The van der Waals surface area contributed by atoms with Gasteiger partial charge in [0, 0.05) is 0 Å². The van der Waals surface area contributed by atoms with Crippen molar-refractivity contribution in [1.82, 2.24) is 14.5 Å². The van der Waals surface area contributed by atoms with Crippen molar-refractivity contribution < 1.29 is 4.42 Å². The van der Waals surface area contributed by atoms with Gasteiger partial charge in [-0.1, -0.05) is 0 Å². The summed E-state index contributed by atoms with van der Waals surface area (Å²) >= 11 is 6.72. The Bertz CT molecular complexity index is 856. The fourth-order valence-electron chi connectivity index (χ4n) is 1.98. The van der Waals surface area contributed by atoms with Crippen LogP contribution >= 0.6 is 23.6 Å². The Labute approximate surface area is 117 Å². The SMILES string of the molecule is Cc1cnc(C(C)n2c(=S)[nH]c3sccc3c2=O)o1. The van der Waals surface area contributed by atoms with Crippen molar-refractivity contribution in [1.29, 1.82) is 0 Å². The number of aromatic nitrogens is 3. The van der Waals surface area contributed by atoms with Gasteiger partial charge in [0.25, 0.3) is 5.56 Å². The summed E-state index contributed by atoms with van der Waals surface area (Å²) in [6.07, 6.45) is 1.63. The van der Waals surface area contributed by atoms with E-state index < -0.39 is 0 Å². The highest BCUT2D eigenvalue weighted by Crippen LogP contribution is 2.19. The van der Waals surface area contributed by atoms with Crippen molar-refractivity contribution in [3.8, 4) is 0 Å². The van der Waals surface area contributed by atoms with Crippen LogP contribution in [-0.2, 0) is 0 Å². The van der Waals surface area contributed by atoms with Crippen LogP contribution in [0.3, 0.4) is 0 Å². The summed E-state index contributed by atoms with van der Waals surface area (Å²) in [7, 11) is 0. The lowest BCUT2D eigenvalue weighted by atomic mass is 10.3. The molecule has 0 fully saturated rings. The molecule has 7 heteroatoms. The summed E-state index contributed by atoms with van der Waals surface area (Å²) in [5.74, 6) is 1.19. The molecule has 0 aliphatic carbocycles. The summed E-state index contributed by atoms with van der Waals surface area (Å²) in [6, 6.07) is 1.45. The van der Waals surface area contributed by atoms with Crippen molar-refractivity contribution in [3.05, 3.63) is 44.4 Å². The molecule has 3 aromatic rings. The van der Waals surface area contributed by atoms with Crippen molar-refractivity contribution in [3.63, 3.8) is 0 Å². The molecule has 0 aliphatic heterocycles. The van der Waals surface area contributed by atoms with E-state index in [0.717, 1.165) is 4.83 Å². The van der Waals surface area contributed by atoms with E-state index in [0.29, 0.717) is 21.8 Å². The predicted octanol–water partition coefficient (Wildman–Crippen LogP) is 3.03. The topological polar surface area (TPSA) is 63.8 Å². The lowest BCUT2D eigenvalue weighted by Gasteiger charge is -2.11. The first-order valence-electron chi connectivity index (χ1n) is 5.72. The third kappa shape index (κ3) is 1.95. The molecule has 1 N–H and O–H groups in total. The molecule has 0 bridgehead atoms. The molecule has 5 nitrogen and oxygen atoms in total. The molecule has 0 aliphatic rings. The second kappa shape index (κ2) is 4.43. The highest BCUT2D eigenvalue weighted by Gasteiger charge is 2.18. The Hall–Kier alpha value is -1.73. The number of rotatable bonds is 2. The van der Waals surface area contributed by atoms with E-state index in [9.17, 15) is 4.79 Å². The summed E-state index contributed by atoms with van der Waals surface area (Å²) in [5, 5.41) is 2.50. The highest BCUT2D eigenvalue weighted by molar-refractivity contribution is 7.71. The zero-order valence-corrected chi connectivity index (χ0v) is 12.0. The van der Waals surface area contributed by atoms with E-state index in [4.69, 9.17) is 16.6 Å². The van der Waals surface area contributed by atoms with Gasteiger partial charge in [0.15, 0.2) is 4.77 Å². The number of nitrogens with one attached hydrogen (secondary N) is 1. The van der Waals surface area contributed by atoms with Crippen LogP contribution in [0.25, 0.3) is 10.2 Å². The lowest BCUT2D eigenvalue weighted by molar-refractivity contribution is 0.407. The molecule has 98 valence electrons. The largest absolute Gasteiger partial charge is 0.444 e. The average Bonchev–Trinajstić information content (AvgIpc) is 2.97. The number of H-pyrrole nitrogens is 1. The molecular weight excluding hydrogens is 282 g/mol. The molecule has 0 amide bonds. The van der Waals surface area contributed by atoms with Gasteiger partial charge in [-0.05, 0) is 37.5 Å². The van der Waals surface area contributed by atoms with Crippen LogP contribution in [-0.4, -0.2) is 14.5 Å². The second-order valence-electron chi connectivity index (χ2n) is 4.25. The Morgan fingerprint density at radius 3 is 3.05 bits per heavy atom. The first-order chi connectivity index (χ1) is 9.08. The molecule has 0 saturated heterocycles. The van der Waals surface area contributed by atoms with Crippen LogP contribution in [0.4, 0.5) is 0 Å². The molecule has 19 heavy (non-hydrogen) atoms. The minimum atomic E-state index is -0.339. The molecule has 0 aromatic carbocycles. The van der Waals surface area contributed by atoms with E-state index in [1.54, 1.807) is 12.3 Å². The van der Waals surface area contributed by atoms with Crippen LogP contribution in [0.5, 0.6) is 0 Å². The first-order valence-corrected chi connectivity index (χ1v) is 7.01. The Morgan fingerprint density at radius 1 is 1.58 bits per heavy atom. The van der Waals surface area contributed by atoms with E-state index in [1.807, 2.05) is 19.2 Å². The molecule has 0 radical (unpaired) electrons. The number of hydrogen-bond donors (Lipinski definition) is 1. The number of aromatic amines is 1. The van der Waals surface area contributed by atoms with E-state index >= 15 is 0 Å². The second-order valence-corrected chi connectivity index (χ2v) is 5.56. The van der Waals surface area contributed by atoms with Crippen LogP contribution in [0.1, 0.15) is 24.6 Å². The average molecular weight is 293 g/mol. The number of fused-ring (bicyclic) bond motifs is 1. The summed E-state index contributed by atoms with van der Waals surface area (Å²) in [5.41, 5.74) is -0.122. The minimum absolute atomic E-state index is 0.122. The zero-order chi connectivity index (χ0) is 13.6. The molecular formula is C12H11N3O2S2. The van der Waals surface area contributed by atoms with Crippen LogP contribution < -0.4 is 5.56 Å². The maximum atomic E-state index is 12.4. The molecule has 1 unspecified atom stereocenters. The number of thiophene rings is 1. The van der Waals surface area contributed by atoms with Crippen LogP contribution in [0.15, 0.2) is 26.9 Å². The first kappa shape index (κ1) is 12.3. The maximum absolute atomic E-state index is 12.4. The predicted molar refractivity (Wildman–Crippen MR) is 76.3 cm³/mol. The monoisotopic (exact) mass is 293 g/mol. The number of aryl methyl sites for hydroxylation is 1. The third-order valence-corrected chi connectivity index (χ3v) is 4.07. The standard InChI is InChI=1S/C12H11N3O2S2/c1-6-5-13-9(17-6)7(2)15-11(16)8-3-4-19-10(8)14-12(15)18/h3-5,7H,1-2H3,(H,14,18). The molecule has 0 spiro atoms. The van der Waals surface area contributed by atoms with Gasteiger partial charge in [-0.3, -0.25) is 9.36 Å². The quantitative estimate of drug-likeness (QED) is 0.738. The van der Waals surface area contributed by atoms with Gasteiger partial charge in [-0.2, -0.15) is 0 Å². The Morgan fingerprint density at radius 2 is 2.37 bits per heavy atom. The number of hydrogen-bond acceptors (Lipinski definition) is 5. The van der Waals surface area contributed by atoms with Crippen LogP contribution in [0, 0.1) is 11.7 Å². The van der Waals surface area contributed by atoms with Gasteiger partial charge in [-0.15, -0.1) is 11.3 Å². The van der Waals surface area contributed by atoms with Gasteiger partial charge in [0.2, 0.25) is 5.89 Å². The highest BCUT2D eigenvalue weighted by atomic mass is 32.1. The smallest absolute Gasteiger partial charge is 0.263 e. The zero-order valence-electron chi connectivity index (χ0n) is 10.3. The number of nitrogens with zero attached hydrogens (tertiary/aromatic N) is 2. The maximum Gasteiger partial charge on any atom is 0.263 e. The fraction of sp³-hybridized carbons (Fsp3) is 0.250.